The molecule has 0 bridgehead atoms. The van der Waals surface area contributed by atoms with Gasteiger partial charge < -0.3 is 4.42 Å². The minimum atomic E-state index is -0.155. The van der Waals surface area contributed by atoms with Gasteiger partial charge in [0.25, 0.3) is 0 Å². The molecule has 0 N–H and O–H groups in total. The van der Waals surface area contributed by atoms with Gasteiger partial charge in [0, 0.05) is 27.9 Å². The molecule has 0 saturated carbocycles. The Morgan fingerprint density at radius 3 is 2.23 bits per heavy atom. The van der Waals surface area contributed by atoms with E-state index < -0.39 is 0 Å². The van der Waals surface area contributed by atoms with Gasteiger partial charge in [0.1, 0.15) is 5.58 Å². The zero-order valence-electron chi connectivity index (χ0n) is 29.1. The van der Waals surface area contributed by atoms with Gasteiger partial charge in [-0.1, -0.05) is 123 Å². The van der Waals surface area contributed by atoms with Gasteiger partial charge in [-0.15, -0.1) is 0 Å². The summed E-state index contributed by atoms with van der Waals surface area (Å²) < 4.78 is 8.75. The molecule has 53 heavy (non-hydrogen) atoms. The lowest BCUT2D eigenvalue weighted by Gasteiger charge is -2.35. The van der Waals surface area contributed by atoms with Crippen molar-refractivity contribution in [2.75, 3.05) is 0 Å². The van der Waals surface area contributed by atoms with E-state index in [0.29, 0.717) is 11.7 Å². The molecule has 0 amide bonds. The Kier molecular flexibility index (Phi) is 5.51. The first kappa shape index (κ1) is 28.8. The first-order chi connectivity index (χ1) is 26.0. The van der Waals surface area contributed by atoms with Crippen LogP contribution < -0.4 is 0 Å². The maximum atomic E-state index is 6.56. The van der Waals surface area contributed by atoms with Crippen molar-refractivity contribution >= 4 is 76.3 Å². The van der Waals surface area contributed by atoms with Gasteiger partial charge in [-0.3, -0.25) is 9.55 Å². The molecule has 1 aliphatic carbocycles. The van der Waals surface area contributed by atoms with E-state index in [1.807, 2.05) is 30.5 Å². The van der Waals surface area contributed by atoms with Crippen molar-refractivity contribution < 1.29 is 4.42 Å². The van der Waals surface area contributed by atoms with E-state index in [1.165, 1.54) is 54.6 Å². The summed E-state index contributed by atoms with van der Waals surface area (Å²) in [5.41, 5.74) is 11.0. The third-order valence-electron chi connectivity index (χ3n) is 11.7. The molecule has 0 fully saturated rings. The molecular weight excluding hydrogens is 649 g/mol. The average Bonchev–Trinajstić information content (AvgIpc) is 3.75. The highest BCUT2D eigenvalue weighted by atomic mass is 16.3. The van der Waals surface area contributed by atoms with Crippen LogP contribution in [0.5, 0.6) is 0 Å². The molecule has 0 saturated heterocycles. The Bertz CT molecular complexity index is 3390. The van der Waals surface area contributed by atoms with E-state index in [1.54, 1.807) is 0 Å². The summed E-state index contributed by atoms with van der Waals surface area (Å²) in [6.45, 7) is 4.67. The number of para-hydroxylation sites is 1. The van der Waals surface area contributed by atoms with E-state index >= 15 is 0 Å². The Morgan fingerprint density at radius 2 is 1.30 bits per heavy atom. The van der Waals surface area contributed by atoms with Gasteiger partial charge in [-0.05, 0) is 84.9 Å². The molecule has 7 aromatic carbocycles. The molecule has 0 spiro atoms. The molecule has 0 radical (unpaired) electrons. The Balaban J connectivity index is 1.23. The third-order valence-corrected chi connectivity index (χ3v) is 11.7. The second-order valence-electron chi connectivity index (χ2n) is 14.8. The van der Waals surface area contributed by atoms with Crippen LogP contribution >= 0.6 is 0 Å². The zero-order valence-corrected chi connectivity index (χ0v) is 29.1. The molecule has 248 valence electrons. The maximum absolute atomic E-state index is 6.56. The number of benzene rings is 7. The quantitative estimate of drug-likeness (QED) is 0.171. The number of furan rings is 1. The van der Waals surface area contributed by atoms with Crippen LogP contribution in [0.3, 0.4) is 0 Å². The summed E-state index contributed by atoms with van der Waals surface area (Å²) in [5, 5.41) is 10.3. The topological polar surface area (TPSA) is 56.7 Å². The second kappa shape index (κ2) is 10.1. The summed E-state index contributed by atoms with van der Waals surface area (Å²) in [7, 11) is 0. The third kappa shape index (κ3) is 3.78. The van der Waals surface area contributed by atoms with Crippen LogP contribution in [0.1, 0.15) is 25.0 Å². The van der Waals surface area contributed by atoms with Crippen molar-refractivity contribution in [2.24, 2.45) is 0 Å². The number of hydrogen-bond acceptors (Lipinski definition) is 4. The summed E-state index contributed by atoms with van der Waals surface area (Å²) in [6.07, 6.45) is 1.88. The highest BCUT2D eigenvalue weighted by molar-refractivity contribution is 6.24. The van der Waals surface area contributed by atoms with Crippen LogP contribution in [0.15, 0.2) is 150 Å². The molecule has 5 nitrogen and oxygen atoms in total. The first-order valence-corrected chi connectivity index (χ1v) is 18.1. The van der Waals surface area contributed by atoms with Crippen LogP contribution in [0, 0.1) is 0 Å². The van der Waals surface area contributed by atoms with Crippen LogP contribution in [0.25, 0.3) is 105 Å². The van der Waals surface area contributed by atoms with Crippen molar-refractivity contribution in [1.82, 2.24) is 19.5 Å². The maximum Gasteiger partial charge on any atom is 0.238 e. The normalized spacial score (nSPS) is 13.6. The van der Waals surface area contributed by atoms with Crippen molar-refractivity contribution in [3.05, 3.63) is 157 Å². The highest BCUT2D eigenvalue weighted by Crippen LogP contribution is 2.51. The Morgan fingerprint density at radius 1 is 0.547 bits per heavy atom. The lowest BCUT2D eigenvalue weighted by molar-refractivity contribution is 0.645. The molecule has 4 aromatic heterocycles. The summed E-state index contributed by atoms with van der Waals surface area (Å²) >= 11 is 0. The fourth-order valence-corrected chi connectivity index (χ4v) is 9.22. The minimum Gasteiger partial charge on any atom is -0.437 e. The predicted molar refractivity (Wildman–Crippen MR) is 217 cm³/mol. The number of hydrogen-bond donors (Lipinski definition) is 0. The van der Waals surface area contributed by atoms with E-state index in [0.717, 1.165) is 49.5 Å². The van der Waals surface area contributed by atoms with E-state index in [9.17, 15) is 0 Å². The minimum absolute atomic E-state index is 0.155. The lowest BCUT2D eigenvalue weighted by atomic mass is 9.68. The molecular formula is C48H30N4O. The molecule has 4 heterocycles. The summed E-state index contributed by atoms with van der Waals surface area (Å²) in [6, 6.07) is 49.8. The standard InChI is InChI=1S/C48H30N4O/c1-48(2)36-16-7-5-13-31(36)35-26-39-42(33-15-9-17-37(48)41(33)35)45-38(18-10-24-49-45)52(39)47-50-44(43-32-14-6-8-19-40(32)53-46(43)51-47)29-23-22-28-21-20-27-11-3-4-12-30(27)34(28)25-29/h3-26H,1-2H3. The lowest BCUT2D eigenvalue weighted by Crippen LogP contribution is -2.23. The Labute approximate surface area is 303 Å². The molecule has 0 atom stereocenters. The second-order valence-corrected chi connectivity index (χ2v) is 14.8. The van der Waals surface area contributed by atoms with E-state index in [-0.39, 0.29) is 5.41 Å². The van der Waals surface area contributed by atoms with Gasteiger partial charge in [0.05, 0.1) is 27.6 Å². The molecule has 0 unspecified atom stereocenters. The Hall–Kier alpha value is -6.85. The van der Waals surface area contributed by atoms with Gasteiger partial charge >= 0.3 is 0 Å². The van der Waals surface area contributed by atoms with Gasteiger partial charge in [-0.25, -0.2) is 4.98 Å². The molecule has 5 heteroatoms. The van der Waals surface area contributed by atoms with Crippen molar-refractivity contribution in [3.63, 3.8) is 0 Å². The van der Waals surface area contributed by atoms with Crippen LogP contribution in [-0.2, 0) is 5.41 Å². The number of nitrogens with zero attached hydrogens (tertiary/aromatic N) is 4. The first-order valence-electron chi connectivity index (χ1n) is 18.1. The van der Waals surface area contributed by atoms with Gasteiger partial charge in [-0.2, -0.15) is 4.98 Å². The number of aromatic nitrogens is 4. The molecule has 0 aliphatic heterocycles. The smallest absolute Gasteiger partial charge is 0.238 e. The van der Waals surface area contributed by atoms with Crippen molar-refractivity contribution in [2.45, 2.75) is 19.3 Å². The van der Waals surface area contributed by atoms with Gasteiger partial charge in [0.15, 0.2) is 0 Å². The van der Waals surface area contributed by atoms with E-state index in [4.69, 9.17) is 19.4 Å². The molecule has 1 aliphatic rings. The van der Waals surface area contributed by atoms with E-state index in [2.05, 4.69) is 134 Å². The largest absolute Gasteiger partial charge is 0.437 e. The highest BCUT2D eigenvalue weighted by Gasteiger charge is 2.34. The van der Waals surface area contributed by atoms with Crippen molar-refractivity contribution in [1.29, 1.82) is 0 Å². The number of rotatable bonds is 2. The fourth-order valence-electron chi connectivity index (χ4n) is 9.22. The monoisotopic (exact) mass is 678 g/mol. The number of pyridine rings is 1. The summed E-state index contributed by atoms with van der Waals surface area (Å²) in [5.74, 6) is 0.546. The average molecular weight is 679 g/mol. The molecule has 12 rings (SSSR count). The molecule has 11 aromatic rings. The SMILES string of the molecule is CC1(C)c2ccccc2-c2cc3c(c4cccc1c24)c1ncccc1n3-c1nc(-c2ccc3ccc4ccccc4c3c2)c2c(n1)oc1ccccc12. The number of fused-ring (bicyclic) bond motifs is 12. The van der Waals surface area contributed by atoms with Crippen molar-refractivity contribution in [3.8, 4) is 28.3 Å². The van der Waals surface area contributed by atoms with Crippen LogP contribution in [0.4, 0.5) is 0 Å². The van der Waals surface area contributed by atoms with Gasteiger partial charge in [0.2, 0.25) is 11.7 Å². The summed E-state index contributed by atoms with van der Waals surface area (Å²) in [4.78, 5) is 15.8. The van der Waals surface area contributed by atoms with Crippen LogP contribution in [-0.4, -0.2) is 19.5 Å². The fraction of sp³-hybridized carbons (Fsp3) is 0.0625. The predicted octanol–water partition coefficient (Wildman–Crippen LogP) is 12.3. The van der Waals surface area contributed by atoms with Crippen LogP contribution in [0.2, 0.25) is 0 Å². The zero-order chi connectivity index (χ0) is 35.0.